The average molecular weight is 310 g/mol. The van der Waals surface area contributed by atoms with Crippen molar-refractivity contribution in [2.45, 2.75) is 45.4 Å². The van der Waals surface area contributed by atoms with Crippen LogP contribution in [-0.4, -0.2) is 20.2 Å². The Bertz CT molecular complexity index is 449. The van der Waals surface area contributed by atoms with Gasteiger partial charge in [-0.25, -0.2) is 0 Å². The molecule has 0 saturated heterocycles. The minimum absolute atomic E-state index is 0.619. The Kier molecular flexibility index (Phi) is 6.38. The lowest BCUT2D eigenvalue weighted by molar-refractivity contribution is 0.226. The fraction of sp³-hybridized carbons (Fsp3) is 0.667. The fourth-order valence-corrected chi connectivity index (χ4v) is 3.78. The number of hydrogen-bond donors (Lipinski definition) is 1. The van der Waals surface area contributed by atoms with E-state index in [1.807, 2.05) is 6.07 Å². The molecule has 3 heteroatoms. The minimum Gasteiger partial charge on any atom is -0.495 e. The summed E-state index contributed by atoms with van der Waals surface area (Å²) in [7, 11) is 1.69. The monoisotopic (exact) mass is 309 g/mol. The summed E-state index contributed by atoms with van der Waals surface area (Å²) < 4.78 is 5.40. The van der Waals surface area contributed by atoms with Crippen molar-refractivity contribution < 1.29 is 4.74 Å². The SMILES string of the molecule is CCNCC1CCC(CC)CC1c1ccc(Cl)c(OC)c1. The summed E-state index contributed by atoms with van der Waals surface area (Å²) in [5.41, 5.74) is 1.39. The Hall–Kier alpha value is -0.730. The van der Waals surface area contributed by atoms with Crippen molar-refractivity contribution in [3.05, 3.63) is 28.8 Å². The van der Waals surface area contributed by atoms with Gasteiger partial charge >= 0.3 is 0 Å². The molecule has 1 N–H and O–H groups in total. The van der Waals surface area contributed by atoms with E-state index in [1.165, 1.54) is 31.2 Å². The van der Waals surface area contributed by atoms with Crippen LogP contribution in [0.4, 0.5) is 0 Å². The molecule has 1 aromatic rings. The standard InChI is InChI=1S/C18H28ClNO/c1-4-13-6-7-15(12-20-5-2)16(10-13)14-8-9-17(19)18(11-14)21-3/h8-9,11,13,15-16,20H,4-7,10,12H2,1-3H3. The van der Waals surface area contributed by atoms with E-state index in [2.05, 4.69) is 31.3 Å². The second kappa shape index (κ2) is 8.05. The van der Waals surface area contributed by atoms with Crippen molar-refractivity contribution in [3.8, 4) is 5.75 Å². The molecule has 0 heterocycles. The van der Waals surface area contributed by atoms with Gasteiger partial charge in [0.1, 0.15) is 5.75 Å². The van der Waals surface area contributed by atoms with Crippen LogP contribution in [0.15, 0.2) is 18.2 Å². The zero-order chi connectivity index (χ0) is 15.2. The van der Waals surface area contributed by atoms with Crippen molar-refractivity contribution in [2.24, 2.45) is 11.8 Å². The molecule has 1 fully saturated rings. The Labute approximate surface area is 134 Å². The number of benzene rings is 1. The molecule has 3 atom stereocenters. The van der Waals surface area contributed by atoms with Gasteiger partial charge in [-0.2, -0.15) is 0 Å². The molecule has 21 heavy (non-hydrogen) atoms. The van der Waals surface area contributed by atoms with Crippen LogP contribution in [-0.2, 0) is 0 Å². The molecule has 2 rings (SSSR count). The third kappa shape index (κ3) is 4.14. The van der Waals surface area contributed by atoms with Crippen LogP contribution in [0.1, 0.15) is 51.0 Å². The van der Waals surface area contributed by atoms with Gasteiger partial charge < -0.3 is 10.1 Å². The molecular formula is C18H28ClNO. The molecule has 3 unspecified atom stereocenters. The molecule has 1 saturated carbocycles. The minimum atomic E-state index is 0.619. The van der Waals surface area contributed by atoms with Crippen molar-refractivity contribution in [3.63, 3.8) is 0 Å². The van der Waals surface area contributed by atoms with Gasteiger partial charge in [0.25, 0.3) is 0 Å². The number of methoxy groups -OCH3 is 1. The predicted octanol–water partition coefficient (Wildman–Crippen LogP) is 4.87. The van der Waals surface area contributed by atoms with Gasteiger partial charge in [0.15, 0.2) is 0 Å². The highest BCUT2D eigenvalue weighted by Crippen LogP contribution is 2.43. The lowest BCUT2D eigenvalue weighted by Gasteiger charge is -2.36. The number of rotatable bonds is 6. The molecule has 0 aromatic heterocycles. The van der Waals surface area contributed by atoms with Crippen LogP contribution in [0, 0.1) is 11.8 Å². The molecule has 0 amide bonds. The van der Waals surface area contributed by atoms with Gasteiger partial charge in [-0.15, -0.1) is 0 Å². The summed E-state index contributed by atoms with van der Waals surface area (Å²) in [6.45, 7) is 6.65. The normalized spacial score (nSPS) is 25.8. The average Bonchev–Trinajstić information content (AvgIpc) is 2.53. The third-order valence-corrected chi connectivity index (χ3v) is 5.25. The van der Waals surface area contributed by atoms with Crippen LogP contribution in [0.2, 0.25) is 5.02 Å². The Morgan fingerprint density at radius 2 is 2.10 bits per heavy atom. The molecule has 0 radical (unpaired) electrons. The summed E-state index contributed by atoms with van der Waals surface area (Å²) in [6, 6.07) is 6.31. The zero-order valence-corrected chi connectivity index (χ0v) is 14.2. The topological polar surface area (TPSA) is 21.3 Å². The van der Waals surface area contributed by atoms with Gasteiger partial charge in [0.05, 0.1) is 12.1 Å². The first-order valence-electron chi connectivity index (χ1n) is 8.23. The Morgan fingerprint density at radius 3 is 2.76 bits per heavy atom. The maximum atomic E-state index is 6.17. The number of ether oxygens (including phenoxy) is 1. The molecule has 118 valence electrons. The molecule has 2 nitrogen and oxygen atoms in total. The van der Waals surface area contributed by atoms with Gasteiger partial charge in [-0.05, 0) is 61.4 Å². The highest BCUT2D eigenvalue weighted by Gasteiger charge is 2.30. The van der Waals surface area contributed by atoms with Crippen LogP contribution in [0.25, 0.3) is 0 Å². The predicted molar refractivity (Wildman–Crippen MR) is 90.4 cm³/mol. The quantitative estimate of drug-likeness (QED) is 0.809. The number of halogens is 1. The first kappa shape index (κ1) is 16.6. The van der Waals surface area contributed by atoms with Gasteiger partial charge in [0.2, 0.25) is 0 Å². The van der Waals surface area contributed by atoms with Crippen LogP contribution < -0.4 is 10.1 Å². The molecule has 0 spiro atoms. The second-order valence-electron chi connectivity index (χ2n) is 6.16. The first-order valence-corrected chi connectivity index (χ1v) is 8.61. The smallest absolute Gasteiger partial charge is 0.137 e. The Morgan fingerprint density at radius 1 is 1.29 bits per heavy atom. The van der Waals surface area contributed by atoms with Crippen molar-refractivity contribution in [1.29, 1.82) is 0 Å². The lowest BCUT2D eigenvalue weighted by Crippen LogP contribution is -2.32. The zero-order valence-electron chi connectivity index (χ0n) is 13.5. The second-order valence-corrected chi connectivity index (χ2v) is 6.56. The van der Waals surface area contributed by atoms with Crippen molar-refractivity contribution >= 4 is 11.6 Å². The van der Waals surface area contributed by atoms with Crippen LogP contribution in [0.5, 0.6) is 5.75 Å². The summed E-state index contributed by atoms with van der Waals surface area (Å²) in [5.74, 6) is 3.00. The third-order valence-electron chi connectivity index (χ3n) is 4.94. The van der Waals surface area contributed by atoms with E-state index in [4.69, 9.17) is 16.3 Å². The summed E-state index contributed by atoms with van der Waals surface area (Å²) in [5, 5.41) is 4.23. The van der Waals surface area contributed by atoms with E-state index in [9.17, 15) is 0 Å². The first-order chi connectivity index (χ1) is 10.2. The van der Waals surface area contributed by atoms with E-state index in [0.29, 0.717) is 10.9 Å². The summed E-state index contributed by atoms with van der Waals surface area (Å²) in [4.78, 5) is 0. The molecule has 0 aliphatic heterocycles. The maximum absolute atomic E-state index is 6.17. The van der Waals surface area contributed by atoms with Crippen molar-refractivity contribution in [1.82, 2.24) is 5.32 Å². The summed E-state index contributed by atoms with van der Waals surface area (Å²) in [6.07, 6.45) is 5.27. The fourth-order valence-electron chi connectivity index (χ4n) is 3.58. The van der Waals surface area contributed by atoms with Crippen molar-refractivity contribution in [2.75, 3.05) is 20.2 Å². The maximum Gasteiger partial charge on any atom is 0.137 e. The molecule has 0 bridgehead atoms. The molecule has 1 aliphatic carbocycles. The summed E-state index contributed by atoms with van der Waals surface area (Å²) >= 11 is 6.17. The van der Waals surface area contributed by atoms with E-state index >= 15 is 0 Å². The molecule has 1 aliphatic rings. The van der Waals surface area contributed by atoms with Gasteiger partial charge in [-0.1, -0.05) is 44.4 Å². The van der Waals surface area contributed by atoms with E-state index < -0.39 is 0 Å². The lowest BCUT2D eigenvalue weighted by atomic mass is 9.70. The molecular weight excluding hydrogens is 282 g/mol. The number of nitrogens with one attached hydrogen (secondary N) is 1. The van der Waals surface area contributed by atoms with Gasteiger partial charge in [0, 0.05) is 0 Å². The van der Waals surface area contributed by atoms with Crippen LogP contribution in [0.3, 0.4) is 0 Å². The van der Waals surface area contributed by atoms with E-state index in [0.717, 1.165) is 30.7 Å². The van der Waals surface area contributed by atoms with Crippen LogP contribution >= 0.6 is 11.6 Å². The number of hydrogen-bond acceptors (Lipinski definition) is 2. The highest BCUT2D eigenvalue weighted by molar-refractivity contribution is 6.32. The highest BCUT2D eigenvalue weighted by atomic mass is 35.5. The van der Waals surface area contributed by atoms with Gasteiger partial charge in [-0.3, -0.25) is 0 Å². The Balaban J connectivity index is 2.21. The largest absolute Gasteiger partial charge is 0.495 e. The van der Waals surface area contributed by atoms with E-state index in [-0.39, 0.29) is 0 Å². The van der Waals surface area contributed by atoms with E-state index in [1.54, 1.807) is 7.11 Å². The molecule has 1 aromatic carbocycles.